The summed E-state index contributed by atoms with van der Waals surface area (Å²) in [5, 5.41) is 0.394. The minimum Gasteiger partial charge on any atom is -0.334 e. The topological polar surface area (TPSA) is 36.4 Å². The molecule has 23 heavy (non-hydrogen) atoms. The molecule has 4 nitrogen and oxygen atoms in total. The maximum atomic E-state index is 12.4. The van der Waals surface area contributed by atoms with Gasteiger partial charge < -0.3 is 4.90 Å². The maximum absolute atomic E-state index is 12.4. The zero-order valence-electron chi connectivity index (χ0n) is 12.0. The SMILES string of the molecule is Cl.O=C(c1nc2ccccc2s1)N1CCN(CC(F)(F)F)CC1. The first-order valence-electron chi connectivity index (χ1n) is 6.86. The highest BCUT2D eigenvalue weighted by atomic mass is 35.5. The number of benzene rings is 1. The number of piperazine rings is 1. The molecular weight excluding hydrogens is 351 g/mol. The lowest BCUT2D eigenvalue weighted by Gasteiger charge is -2.34. The fourth-order valence-corrected chi connectivity index (χ4v) is 3.40. The number of carbonyl (C=O) groups excluding carboxylic acids is 1. The summed E-state index contributed by atoms with van der Waals surface area (Å²) in [5.74, 6) is -0.201. The number of aromatic nitrogens is 1. The summed E-state index contributed by atoms with van der Waals surface area (Å²) in [5.41, 5.74) is 0.770. The van der Waals surface area contributed by atoms with Crippen LogP contribution in [-0.2, 0) is 0 Å². The molecule has 2 heterocycles. The van der Waals surface area contributed by atoms with Gasteiger partial charge in [-0.05, 0) is 12.1 Å². The predicted octanol–water partition coefficient (Wildman–Crippen LogP) is 3.04. The van der Waals surface area contributed by atoms with Crippen molar-refractivity contribution in [3.8, 4) is 0 Å². The Hall–Kier alpha value is -1.38. The standard InChI is InChI=1S/C14H14F3N3OS.ClH/c15-14(16,17)9-19-5-7-20(8-6-19)13(21)12-18-10-3-1-2-4-11(10)22-12;/h1-4H,5-9H2;1H. The third-order valence-corrected chi connectivity index (χ3v) is 4.56. The van der Waals surface area contributed by atoms with Crippen molar-refractivity contribution in [2.75, 3.05) is 32.7 Å². The molecule has 0 bridgehead atoms. The van der Waals surface area contributed by atoms with Gasteiger partial charge in [0.15, 0.2) is 5.01 Å². The number of para-hydroxylation sites is 1. The summed E-state index contributed by atoms with van der Waals surface area (Å²) >= 11 is 1.31. The van der Waals surface area contributed by atoms with Crippen LogP contribution in [0.2, 0.25) is 0 Å². The van der Waals surface area contributed by atoms with Gasteiger partial charge in [0.1, 0.15) is 0 Å². The molecule has 1 fully saturated rings. The van der Waals surface area contributed by atoms with Crippen LogP contribution in [0.3, 0.4) is 0 Å². The number of thiazole rings is 1. The summed E-state index contributed by atoms with van der Waals surface area (Å²) in [6.07, 6.45) is -4.20. The van der Waals surface area contributed by atoms with E-state index in [1.165, 1.54) is 16.2 Å². The number of alkyl halides is 3. The minimum atomic E-state index is -4.20. The normalized spacial score (nSPS) is 16.4. The Morgan fingerprint density at radius 3 is 2.43 bits per heavy atom. The van der Waals surface area contributed by atoms with Gasteiger partial charge in [0, 0.05) is 26.2 Å². The van der Waals surface area contributed by atoms with Gasteiger partial charge >= 0.3 is 6.18 Å². The molecular formula is C14H15ClF3N3OS. The quantitative estimate of drug-likeness (QED) is 0.820. The zero-order chi connectivity index (χ0) is 15.7. The Morgan fingerprint density at radius 2 is 1.83 bits per heavy atom. The second kappa shape index (κ2) is 7.02. The average Bonchev–Trinajstić information content (AvgIpc) is 2.89. The third-order valence-electron chi connectivity index (χ3n) is 3.54. The van der Waals surface area contributed by atoms with E-state index in [1.54, 1.807) is 4.90 Å². The Kier molecular flexibility index (Phi) is 5.49. The molecule has 126 valence electrons. The molecule has 0 unspecified atom stereocenters. The molecule has 3 rings (SSSR count). The second-order valence-corrected chi connectivity index (χ2v) is 6.20. The summed E-state index contributed by atoms with van der Waals surface area (Å²) in [4.78, 5) is 19.6. The van der Waals surface area contributed by atoms with E-state index in [-0.39, 0.29) is 31.4 Å². The van der Waals surface area contributed by atoms with Crippen LogP contribution in [-0.4, -0.2) is 59.6 Å². The molecule has 2 aromatic rings. The van der Waals surface area contributed by atoms with E-state index < -0.39 is 12.7 Å². The van der Waals surface area contributed by atoms with Crippen LogP contribution in [0.1, 0.15) is 9.80 Å². The van der Waals surface area contributed by atoms with E-state index in [0.717, 1.165) is 10.2 Å². The van der Waals surface area contributed by atoms with Crippen LogP contribution in [0.15, 0.2) is 24.3 Å². The molecule has 0 N–H and O–H groups in total. The number of hydrogen-bond acceptors (Lipinski definition) is 4. The van der Waals surface area contributed by atoms with E-state index in [1.807, 2.05) is 24.3 Å². The molecule has 0 saturated carbocycles. The highest BCUT2D eigenvalue weighted by Crippen LogP contribution is 2.23. The molecule has 0 spiro atoms. The van der Waals surface area contributed by atoms with Crippen molar-refractivity contribution in [1.29, 1.82) is 0 Å². The fourth-order valence-electron chi connectivity index (χ4n) is 2.46. The second-order valence-electron chi connectivity index (χ2n) is 5.17. The number of amides is 1. The van der Waals surface area contributed by atoms with Gasteiger partial charge in [-0.2, -0.15) is 13.2 Å². The number of carbonyl (C=O) groups is 1. The van der Waals surface area contributed by atoms with Crippen molar-refractivity contribution >= 4 is 39.9 Å². The molecule has 1 aliphatic heterocycles. The van der Waals surface area contributed by atoms with Crippen molar-refractivity contribution in [3.05, 3.63) is 29.3 Å². The molecule has 0 atom stereocenters. The van der Waals surface area contributed by atoms with Crippen molar-refractivity contribution < 1.29 is 18.0 Å². The number of nitrogens with zero attached hydrogens (tertiary/aromatic N) is 3. The van der Waals surface area contributed by atoms with Crippen LogP contribution in [0, 0.1) is 0 Å². The highest BCUT2D eigenvalue weighted by Gasteiger charge is 2.33. The lowest BCUT2D eigenvalue weighted by Crippen LogP contribution is -2.50. The van der Waals surface area contributed by atoms with Crippen molar-refractivity contribution in [3.63, 3.8) is 0 Å². The summed E-state index contributed by atoms with van der Waals surface area (Å²) < 4.78 is 38.0. The highest BCUT2D eigenvalue weighted by molar-refractivity contribution is 7.20. The van der Waals surface area contributed by atoms with Gasteiger partial charge in [0.05, 0.1) is 16.8 Å². The smallest absolute Gasteiger partial charge is 0.334 e. The van der Waals surface area contributed by atoms with Crippen LogP contribution in [0.4, 0.5) is 13.2 Å². The maximum Gasteiger partial charge on any atom is 0.401 e. The molecule has 1 aromatic heterocycles. The van der Waals surface area contributed by atoms with Gasteiger partial charge in [-0.25, -0.2) is 4.98 Å². The van der Waals surface area contributed by atoms with Crippen molar-refractivity contribution in [1.82, 2.24) is 14.8 Å². The van der Waals surface area contributed by atoms with Crippen LogP contribution in [0.25, 0.3) is 10.2 Å². The first-order valence-corrected chi connectivity index (χ1v) is 7.68. The molecule has 9 heteroatoms. The van der Waals surface area contributed by atoms with Gasteiger partial charge in [-0.3, -0.25) is 9.69 Å². The van der Waals surface area contributed by atoms with Crippen molar-refractivity contribution in [2.45, 2.75) is 6.18 Å². The van der Waals surface area contributed by atoms with E-state index in [9.17, 15) is 18.0 Å². The number of rotatable bonds is 2. The largest absolute Gasteiger partial charge is 0.401 e. The molecule has 1 aliphatic rings. The molecule has 1 amide bonds. The zero-order valence-corrected chi connectivity index (χ0v) is 13.7. The van der Waals surface area contributed by atoms with E-state index in [2.05, 4.69) is 4.98 Å². The Labute approximate surface area is 141 Å². The van der Waals surface area contributed by atoms with Gasteiger partial charge in [0.2, 0.25) is 0 Å². The average molecular weight is 366 g/mol. The van der Waals surface area contributed by atoms with Gasteiger partial charge in [-0.15, -0.1) is 23.7 Å². The third kappa shape index (κ3) is 4.33. The molecule has 1 aromatic carbocycles. The lowest BCUT2D eigenvalue weighted by molar-refractivity contribution is -0.148. The van der Waals surface area contributed by atoms with Gasteiger partial charge in [-0.1, -0.05) is 12.1 Å². The van der Waals surface area contributed by atoms with Crippen LogP contribution >= 0.6 is 23.7 Å². The first-order chi connectivity index (χ1) is 10.4. The van der Waals surface area contributed by atoms with E-state index in [0.29, 0.717) is 18.1 Å². The number of fused-ring (bicyclic) bond motifs is 1. The monoisotopic (exact) mass is 365 g/mol. The van der Waals surface area contributed by atoms with Crippen molar-refractivity contribution in [2.24, 2.45) is 0 Å². The lowest BCUT2D eigenvalue weighted by atomic mass is 10.3. The minimum absolute atomic E-state index is 0. The van der Waals surface area contributed by atoms with Crippen LogP contribution in [0.5, 0.6) is 0 Å². The first kappa shape index (κ1) is 18.0. The van der Waals surface area contributed by atoms with Gasteiger partial charge in [0.25, 0.3) is 5.91 Å². The summed E-state index contributed by atoms with van der Waals surface area (Å²) in [6, 6.07) is 7.46. The Balaban J connectivity index is 0.00000192. The van der Waals surface area contributed by atoms with E-state index in [4.69, 9.17) is 0 Å². The number of hydrogen-bond donors (Lipinski definition) is 0. The molecule has 0 aliphatic carbocycles. The molecule has 0 radical (unpaired) electrons. The summed E-state index contributed by atoms with van der Waals surface area (Å²) in [6.45, 7) is 0.137. The Morgan fingerprint density at radius 1 is 1.17 bits per heavy atom. The summed E-state index contributed by atoms with van der Waals surface area (Å²) in [7, 11) is 0. The predicted molar refractivity (Wildman–Crippen MR) is 85.3 cm³/mol. The van der Waals surface area contributed by atoms with E-state index >= 15 is 0 Å². The Bertz CT molecular complexity index is 650. The fraction of sp³-hybridized carbons (Fsp3) is 0.429. The number of halogens is 4. The van der Waals surface area contributed by atoms with Crippen LogP contribution < -0.4 is 0 Å². The molecule has 1 saturated heterocycles.